The first-order valence-electron chi connectivity index (χ1n) is 7.13. The average molecular weight is 257 g/mol. The van der Waals surface area contributed by atoms with Gasteiger partial charge in [0.25, 0.3) is 0 Å². The number of piperidine rings is 1. The zero-order valence-electron chi connectivity index (χ0n) is 11.7. The third kappa shape index (κ3) is 4.34. The molecule has 3 nitrogen and oxygen atoms in total. The molecule has 1 aliphatic heterocycles. The number of benzene rings is 1. The van der Waals surface area contributed by atoms with E-state index >= 15 is 0 Å². The third-order valence-electron chi connectivity index (χ3n) is 3.87. The Morgan fingerprint density at radius 2 is 2.21 bits per heavy atom. The molecule has 1 fully saturated rings. The summed E-state index contributed by atoms with van der Waals surface area (Å²) in [4.78, 5) is 2.40. The van der Waals surface area contributed by atoms with Crippen LogP contribution in [-0.4, -0.2) is 31.6 Å². The first kappa shape index (κ1) is 14.0. The minimum atomic E-state index is 0.165. The predicted octanol–water partition coefficient (Wildman–Crippen LogP) is 2.57. The Bertz CT molecular complexity index is 410. The first-order chi connectivity index (χ1) is 9.29. The van der Waals surface area contributed by atoms with E-state index in [2.05, 4.69) is 35.5 Å². The van der Waals surface area contributed by atoms with Crippen LogP contribution in [0.3, 0.4) is 0 Å². The van der Waals surface area contributed by atoms with Crippen LogP contribution in [0.5, 0.6) is 0 Å². The molecule has 1 heterocycles. The van der Waals surface area contributed by atoms with Crippen LogP contribution in [0.2, 0.25) is 0 Å². The highest BCUT2D eigenvalue weighted by molar-refractivity contribution is 5.19. The summed E-state index contributed by atoms with van der Waals surface area (Å²) in [5.74, 6) is 0.712. The van der Waals surface area contributed by atoms with E-state index in [9.17, 15) is 0 Å². The lowest BCUT2D eigenvalue weighted by molar-refractivity contribution is 0.203. The summed E-state index contributed by atoms with van der Waals surface area (Å²) < 4.78 is 0. The van der Waals surface area contributed by atoms with E-state index in [1.54, 1.807) is 0 Å². The number of nitrogens with one attached hydrogen (secondary N) is 1. The maximum Gasteiger partial charge on any atom is 0.0641 e. The number of nitriles is 1. The Labute approximate surface area is 116 Å². The van der Waals surface area contributed by atoms with Crippen LogP contribution < -0.4 is 5.32 Å². The minimum Gasteiger partial charge on any atom is -0.309 e. The summed E-state index contributed by atoms with van der Waals surface area (Å²) in [6.45, 7) is 3.39. The van der Waals surface area contributed by atoms with Gasteiger partial charge in [-0.3, -0.25) is 0 Å². The van der Waals surface area contributed by atoms with Crippen molar-refractivity contribution in [2.75, 3.05) is 26.7 Å². The van der Waals surface area contributed by atoms with Gasteiger partial charge in [0.15, 0.2) is 0 Å². The van der Waals surface area contributed by atoms with E-state index in [0.717, 1.165) is 6.54 Å². The zero-order valence-corrected chi connectivity index (χ0v) is 11.7. The van der Waals surface area contributed by atoms with Gasteiger partial charge in [0.05, 0.1) is 12.5 Å². The highest BCUT2D eigenvalue weighted by Gasteiger charge is 2.19. The van der Waals surface area contributed by atoms with Gasteiger partial charge in [0.2, 0.25) is 0 Å². The van der Waals surface area contributed by atoms with Crippen LogP contribution in [0.25, 0.3) is 0 Å². The summed E-state index contributed by atoms with van der Waals surface area (Å²) in [7, 11) is 2.19. The van der Waals surface area contributed by atoms with E-state index in [-0.39, 0.29) is 6.04 Å². The smallest absolute Gasteiger partial charge is 0.0641 e. The molecule has 2 atom stereocenters. The molecule has 1 aliphatic rings. The van der Waals surface area contributed by atoms with Gasteiger partial charge in [0.1, 0.15) is 0 Å². The summed E-state index contributed by atoms with van der Waals surface area (Å²) in [5.41, 5.74) is 1.22. The molecule has 1 saturated heterocycles. The minimum absolute atomic E-state index is 0.165. The fourth-order valence-corrected chi connectivity index (χ4v) is 2.83. The number of nitrogens with zero attached hydrogens (tertiary/aromatic N) is 2. The maximum atomic E-state index is 8.98. The van der Waals surface area contributed by atoms with Crippen molar-refractivity contribution in [1.29, 1.82) is 5.26 Å². The van der Waals surface area contributed by atoms with Crippen LogP contribution in [0.1, 0.15) is 30.9 Å². The second-order valence-electron chi connectivity index (χ2n) is 5.50. The molecule has 0 bridgehead atoms. The molecule has 1 aromatic rings. The van der Waals surface area contributed by atoms with Gasteiger partial charge in [-0.05, 0) is 44.5 Å². The molecule has 0 amide bonds. The van der Waals surface area contributed by atoms with Crippen molar-refractivity contribution in [2.45, 2.75) is 25.3 Å². The Kier molecular flexibility index (Phi) is 5.38. The number of hydrogen-bond donors (Lipinski definition) is 1. The normalized spacial score (nSPS) is 21.8. The van der Waals surface area contributed by atoms with Crippen molar-refractivity contribution >= 4 is 0 Å². The standard InChI is InChI=1S/C16H23N3/c1-19-11-5-6-14(13-19)12-18-16(9-10-17)15-7-3-2-4-8-15/h2-4,7-8,14,16,18H,5-6,9,11-13H2,1H3. The van der Waals surface area contributed by atoms with Gasteiger partial charge < -0.3 is 10.2 Å². The fourth-order valence-electron chi connectivity index (χ4n) is 2.83. The van der Waals surface area contributed by atoms with Crippen LogP contribution >= 0.6 is 0 Å². The summed E-state index contributed by atoms with van der Waals surface area (Å²) in [5, 5.41) is 12.6. The quantitative estimate of drug-likeness (QED) is 0.881. The first-order valence-corrected chi connectivity index (χ1v) is 7.13. The predicted molar refractivity (Wildman–Crippen MR) is 77.6 cm³/mol. The summed E-state index contributed by atoms with van der Waals surface area (Å²) in [6, 6.07) is 12.7. The molecule has 0 saturated carbocycles. The Hall–Kier alpha value is -1.37. The van der Waals surface area contributed by atoms with Gasteiger partial charge in [-0.25, -0.2) is 0 Å². The molecule has 1 N–H and O–H groups in total. The van der Waals surface area contributed by atoms with E-state index in [1.807, 2.05) is 18.2 Å². The Morgan fingerprint density at radius 3 is 2.89 bits per heavy atom. The number of likely N-dealkylation sites (tertiary alicyclic amines) is 1. The van der Waals surface area contributed by atoms with E-state index in [4.69, 9.17) is 5.26 Å². The maximum absolute atomic E-state index is 8.98. The van der Waals surface area contributed by atoms with Crippen molar-refractivity contribution in [3.8, 4) is 6.07 Å². The molecule has 102 valence electrons. The van der Waals surface area contributed by atoms with Crippen molar-refractivity contribution in [2.24, 2.45) is 5.92 Å². The van der Waals surface area contributed by atoms with Crippen LogP contribution in [0, 0.1) is 17.2 Å². The molecule has 0 spiro atoms. The molecule has 2 unspecified atom stereocenters. The Balaban J connectivity index is 1.89. The van der Waals surface area contributed by atoms with E-state index in [0.29, 0.717) is 12.3 Å². The molecular weight excluding hydrogens is 234 g/mol. The van der Waals surface area contributed by atoms with Crippen LogP contribution in [0.15, 0.2) is 30.3 Å². The Morgan fingerprint density at radius 1 is 1.42 bits per heavy atom. The van der Waals surface area contributed by atoms with Crippen molar-refractivity contribution in [3.05, 3.63) is 35.9 Å². The van der Waals surface area contributed by atoms with Gasteiger partial charge >= 0.3 is 0 Å². The lowest BCUT2D eigenvalue weighted by Gasteiger charge is -2.31. The largest absolute Gasteiger partial charge is 0.309 e. The van der Waals surface area contributed by atoms with Gasteiger partial charge in [-0.2, -0.15) is 5.26 Å². The molecule has 0 aliphatic carbocycles. The lowest BCUT2D eigenvalue weighted by atomic mass is 9.97. The van der Waals surface area contributed by atoms with Gasteiger partial charge in [0, 0.05) is 12.6 Å². The third-order valence-corrected chi connectivity index (χ3v) is 3.87. The second kappa shape index (κ2) is 7.28. The van der Waals surface area contributed by atoms with E-state index in [1.165, 1.54) is 31.5 Å². The number of rotatable bonds is 5. The van der Waals surface area contributed by atoms with Crippen molar-refractivity contribution in [3.63, 3.8) is 0 Å². The highest BCUT2D eigenvalue weighted by atomic mass is 15.1. The van der Waals surface area contributed by atoms with E-state index < -0.39 is 0 Å². The second-order valence-corrected chi connectivity index (χ2v) is 5.50. The van der Waals surface area contributed by atoms with Crippen molar-refractivity contribution in [1.82, 2.24) is 10.2 Å². The summed E-state index contributed by atoms with van der Waals surface area (Å²) in [6.07, 6.45) is 3.12. The molecule has 1 aromatic carbocycles. The molecular formula is C16H23N3. The monoisotopic (exact) mass is 257 g/mol. The lowest BCUT2D eigenvalue weighted by Crippen LogP contribution is -2.38. The van der Waals surface area contributed by atoms with Crippen molar-refractivity contribution < 1.29 is 0 Å². The fraction of sp³-hybridized carbons (Fsp3) is 0.562. The zero-order chi connectivity index (χ0) is 13.5. The van der Waals surface area contributed by atoms with Gasteiger partial charge in [-0.15, -0.1) is 0 Å². The highest BCUT2D eigenvalue weighted by Crippen LogP contribution is 2.19. The topological polar surface area (TPSA) is 39.1 Å². The number of hydrogen-bond acceptors (Lipinski definition) is 3. The van der Waals surface area contributed by atoms with Gasteiger partial charge in [-0.1, -0.05) is 30.3 Å². The average Bonchev–Trinajstić information content (AvgIpc) is 2.44. The molecule has 3 heteroatoms. The summed E-state index contributed by atoms with van der Waals surface area (Å²) >= 11 is 0. The molecule has 0 aromatic heterocycles. The van der Waals surface area contributed by atoms with Crippen LogP contribution in [0.4, 0.5) is 0 Å². The molecule has 0 radical (unpaired) electrons. The molecule has 2 rings (SSSR count). The van der Waals surface area contributed by atoms with Crippen LogP contribution in [-0.2, 0) is 0 Å². The molecule has 19 heavy (non-hydrogen) atoms. The SMILES string of the molecule is CN1CCCC(CNC(CC#N)c2ccccc2)C1.